The third-order valence-corrected chi connectivity index (χ3v) is 6.52. The average molecular weight is 403 g/mol. The Balaban J connectivity index is 1.65. The highest BCUT2D eigenvalue weighted by atomic mass is 32.1. The summed E-state index contributed by atoms with van der Waals surface area (Å²) in [5.41, 5.74) is 1.03. The minimum atomic E-state index is 0.542. The van der Waals surface area contributed by atoms with Gasteiger partial charge >= 0.3 is 0 Å². The van der Waals surface area contributed by atoms with Crippen LogP contribution in [0.15, 0.2) is 42.0 Å². The van der Waals surface area contributed by atoms with E-state index < -0.39 is 0 Å². The summed E-state index contributed by atoms with van der Waals surface area (Å²) in [6, 6.07) is 8.88. The number of pyridine rings is 1. The Morgan fingerprint density at radius 3 is 2.93 bits per heavy atom. The molecule has 8 heteroatoms. The van der Waals surface area contributed by atoms with Crippen molar-refractivity contribution in [1.82, 2.24) is 19.3 Å². The van der Waals surface area contributed by atoms with Crippen molar-refractivity contribution in [2.75, 3.05) is 20.3 Å². The molecule has 0 spiro atoms. The number of aromatic nitrogens is 4. The highest BCUT2D eigenvalue weighted by Crippen LogP contribution is 2.24. The quantitative estimate of drug-likeness (QED) is 0.617. The van der Waals surface area contributed by atoms with E-state index in [1.807, 2.05) is 28.2 Å². The highest BCUT2D eigenvalue weighted by Gasteiger charge is 2.31. The molecule has 1 N–H and O–H groups in total. The van der Waals surface area contributed by atoms with E-state index in [4.69, 9.17) is 22.1 Å². The number of rotatable bonds is 7. The topological polar surface area (TPSA) is 49.3 Å². The van der Waals surface area contributed by atoms with Gasteiger partial charge in [-0.15, -0.1) is 16.4 Å². The van der Waals surface area contributed by atoms with E-state index in [0.717, 1.165) is 29.4 Å². The molecular weight excluding hydrogens is 378 g/mol. The highest BCUT2D eigenvalue weighted by molar-refractivity contribution is 7.71. The molecule has 4 rings (SSSR count). The smallest absolute Gasteiger partial charge is 0.203 e. The van der Waals surface area contributed by atoms with Crippen LogP contribution in [0.4, 0.5) is 0 Å². The van der Waals surface area contributed by atoms with Gasteiger partial charge in [-0.25, -0.2) is 0 Å². The molecule has 0 radical (unpaired) electrons. The second-order valence-corrected chi connectivity index (χ2v) is 8.11. The lowest BCUT2D eigenvalue weighted by atomic mass is 10.2. The molecule has 0 aromatic carbocycles. The standard InChI is InChI=1S/C19H23N5OS2/c1-25-12-11-23-18(15-6-8-20-9-7-15)21-24(19(23)26)14-22-10-2-4-16(22)17-5-3-13-27-17/h3,5-9,13,16H,2,4,10-12,14H2,1H3/p+1/t16-/m0/s1. The predicted octanol–water partition coefficient (Wildman–Crippen LogP) is 2.56. The summed E-state index contributed by atoms with van der Waals surface area (Å²) in [7, 11) is 1.71. The molecule has 2 atom stereocenters. The van der Waals surface area contributed by atoms with Gasteiger partial charge in [-0.2, -0.15) is 4.68 Å². The molecule has 142 valence electrons. The van der Waals surface area contributed by atoms with Gasteiger partial charge in [-0.05, 0) is 35.8 Å². The Kier molecular flexibility index (Phi) is 5.77. The van der Waals surface area contributed by atoms with Gasteiger partial charge in [-0.1, -0.05) is 6.07 Å². The summed E-state index contributed by atoms with van der Waals surface area (Å²) >= 11 is 7.63. The van der Waals surface area contributed by atoms with Gasteiger partial charge in [0.15, 0.2) is 12.5 Å². The third kappa shape index (κ3) is 3.89. The van der Waals surface area contributed by atoms with Crippen LogP contribution in [0.5, 0.6) is 0 Å². The van der Waals surface area contributed by atoms with Crippen LogP contribution in [0.3, 0.4) is 0 Å². The third-order valence-electron chi connectivity index (χ3n) is 5.10. The van der Waals surface area contributed by atoms with Crippen LogP contribution in [0.1, 0.15) is 23.8 Å². The minimum absolute atomic E-state index is 0.542. The molecular formula is C19H24N5OS2+. The van der Waals surface area contributed by atoms with Gasteiger partial charge in [0.05, 0.1) is 24.6 Å². The Morgan fingerprint density at radius 2 is 2.19 bits per heavy atom. The Hall–Kier alpha value is -1.87. The molecule has 1 unspecified atom stereocenters. The molecule has 6 nitrogen and oxygen atoms in total. The van der Waals surface area contributed by atoms with Gasteiger partial charge in [0, 0.05) is 37.9 Å². The van der Waals surface area contributed by atoms with Gasteiger partial charge < -0.3 is 9.64 Å². The fourth-order valence-electron chi connectivity index (χ4n) is 3.77. The van der Waals surface area contributed by atoms with Crippen molar-refractivity contribution in [2.45, 2.75) is 32.1 Å². The monoisotopic (exact) mass is 402 g/mol. The normalized spacial score (nSPS) is 19.6. The first kappa shape index (κ1) is 18.5. The zero-order chi connectivity index (χ0) is 18.6. The molecule has 0 saturated carbocycles. The van der Waals surface area contributed by atoms with Crippen molar-refractivity contribution in [1.29, 1.82) is 0 Å². The molecule has 0 bridgehead atoms. The van der Waals surface area contributed by atoms with Crippen molar-refractivity contribution in [2.24, 2.45) is 0 Å². The lowest BCUT2D eigenvalue weighted by molar-refractivity contribution is -0.941. The molecule has 1 saturated heterocycles. The van der Waals surface area contributed by atoms with Gasteiger partial charge in [-0.3, -0.25) is 9.55 Å². The fourth-order valence-corrected chi connectivity index (χ4v) is 4.97. The molecule has 27 heavy (non-hydrogen) atoms. The van der Waals surface area contributed by atoms with Crippen LogP contribution in [0.2, 0.25) is 0 Å². The Bertz CT molecular complexity index is 919. The number of nitrogens with one attached hydrogen (secondary N) is 1. The average Bonchev–Trinajstić information content (AvgIpc) is 3.43. The van der Waals surface area contributed by atoms with Gasteiger partial charge in [0.1, 0.15) is 6.04 Å². The van der Waals surface area contributed by atoms with E-state index in [1.54, 1.807) is 19.5 Å². The molecule has 3 aromatic rings. The number of hydrogen-bond acceptors (Lipinski definition) is 5. The van der Waals surface area contributed by atoms with Crippen molar-refractivity contribution in [3.63, 3.8) is 0 Å². The van der Waals surface area contributed by atoms with E-state index in [-0.39, 0.29) is 0 Å². The molecule has 0 amide bonds. The first-order valence-electron chi connectivity index (χ1n) is 9.23. The molecule has 1 aliphatic heterocycles. The van der Waals surface area contributed by atoms with Crippen molar-refractivity contribution in [3.05, 3.63) is 51.7 Å². The maximum atomic E-state index is 5.78. The SMILES string of the molecule is COCCn1c(-c2ccncc2)nn(C[NH+]2CCC[C@H]2c2cccs2)c1=S. The summed E-state index contributed by atoms with van der Waals surface area (Å²) in [4.78, 5) is 7.11. The zero-order valence-corrected chi connectivity index (χ0v) is 17.0. The maximum Gasteiger partial charge on any atom is 0.203 e. The molecule has 1 fully saturated rings. The van der Waals surface area contributed by atoms with E-state index in [1.165, 1.54) is 22.6 Å². The van der Waals surface area contributed by atoms with Crippen molar-refractivity contribution >= 4 is 23.6 Å². The minimum Gasteiger partial charge on any atom is -0.383 e. The largest absolute Gasteiger partial charge is 0.383 e. The molecule has 0 aliphatic carbocycles. The predicted molar refractivity (Wildman–Crippen MR) is 108 cm³/mol. The number of quaternary nitrogens is 1. The molecule has 1 aliphatic rings. The van der Waals surface area contributed by atoms with Gasteiger partial charge in [0.2, 0.25) is 4.77 Å². The van der Waals surface area contributed by atoms with Crippen LogP contribution < -0.4 is 4.90 Å². The summed E-state index contributed by atoms with van der Waals surface area (Å²) in [5.74, 6) is 0.880. The number of thiophene rings is 1. The van der Waals surface area contributed by atoms with Gasteiger partial charge in [0.25, 0.3) is 0 Å². The second kappa shape index (κ2) is 8.43. The van der Waals surface area contributed by atoms with Crippen LogP contribution >= 0.6 is 23.6 Å². The number of likely N-dealkylation sites (tertiary alicyclic amines) is 1. The lowest BCUT2D eigenvalue weighted by Gasteiger charge is -2.20. The number of nitrogens with zero attached hydrogens (tertiary/aromatic N) is 4. The Morgan fingerprint density at radius 1 is 1.33 bits per heavy atom. The fraction of sp³-hybridized carbons (Fsp3) is 0.421. The second-order valence-electron chi connectivity index (χ2n) is 6.76. The van der Waals surface area contributed by atoms with Crippen LogP contribution in [-0.4, -0.2) is 39.6 Å². The Labute approximate surface area is 168 Å². The maximum absolute atomic E-state index is 5.78. The van der Waals surface area contributed by atoms with E-state index in [2.05, 4.69) is 27.1 Å². The zero-order valence-electron chi connectivity index (χ0n) is 15.4. The van der Waals surface area contributed by atoms with Crippen LogP contribution in [-0.2, 0) is 18.0 Å². The summed E-state index contributed by atoms with van der Waals surface area (Å²) in [5, 5.41) is 7.05. The van der Waals surface area contributed by atoms with Crippen molar-refractivity contribution < 1.29 is 9.64 Å². The number of methoxy groups -OCH3 is 1. The van der Waals surface area contributed by atoms with E-state index in [9.17, 15) is 0 Å². The summed E-state index contributed by atoms with van der Waals surface area (Å²) in [6.07, 6.45) is 6.05. The van der Waals surface area contributed by atoms with Crippen LogP contribution in [0, 0.1) is 4.77 Å². The summed E-state index contributed by atoms with van der Waals surface area (Å²) < 4.78 is 10.1. The first-order chi connectivity index (χ1) is 13.3. The van der Waals surface area contributed by atoms with E-state index >= 15 is 0 Å². The van der Waals surface area contributed by atoms with Crippen molar-refractivity contribution in [3.8, 4) is 11.4 Å². The lowest BCUT2D eigenvalue weighted by Crippen LogP contribution is -3.09. The van der Waals surface area contributed by atoms with E-state index in [0.29, 0.717) is 19.2 Å². The molecule has 3 aromatic heterocycles. The summed E-state index contributed by atoms with van der Waals surface area (Å²) in [6.45, 7) is 3.24. The van der Waals surface area contributed by atoms with Crippen LogP contribution in [0.25, 0.3) is 11.4 Å². The number of ether oxygens (including phenoxy) is 1. The number of hydrogen-bond donors (Lipinski definition) is 1. The molecule has 4 heterocycles. The first-order valence-corrected chi connectivity index (χ1v) is 10.5.